The van der Waals surface area contributed by atoms with Crippen molar-refractivity contribution in [2.75, 3.05) is 0 Å². The molecule has 0 N–H and O–H groups in total. The van der Waals surface area contributed by atoms with Crippen LogP contribution in [0.1, 0.15) is 52.9 Å². The van der Waals surface area contributed by atoms with Gasteiger partial charge < -0.3 is 0 Å². The van der Waals surface area contributed by atoms with E-state index in [0.29, 0.717) is 6.04 Å². The van der Waals surface area contributed by atoms with Crippen LogP contribution in [0.4, 0.5) is 0 Å². The maximum absolute atomic E-state index is 4.56. The highest BCUT2D eigenvalue weighted by atomic mass is 14.8. The van der Waals surface area contributed by atoms with Crippen LogP contribution in [0, 0.1) is 5.92 Å². The Balaban J connectivity index is 2.11. The van der Waals surface area contributed by atoms with Crippen molar-refractivity contribution in [1.82, 2.24) is 0 Å². The lowest BCUT2D eigenvalue weighted by Crippen LogP contribution is -2.24. The van der Waals surface area contributed by atoms with Crippen LogP contribution in [0.2, 0.25) is 0 Å². The predicted octanol–water partition coefficient (Wildman–Crippen LogP) is 3.44. The second-order valence-electron chi connectivity index (χ2n) is 4.21. The van der Waals surface area contributed by atoms with Gasteiger partial charge >= 0.3 is 0 Å². The maximum atomic E-state index is 4.56. The normalized spacial score (nSPS) is 22.7. The molecule has 0 amide bonds. The summed E-state index contributed by atoms with van der Waals surface area (Å²) in [5.41, 5.74) is 1.46. The molecule has 12 heavy (non-hydrogen) atoms. The first-order chi connectivity index (χ1) is 5.72. The van der Waals surface area contributed by atoms with Gasteiger partial charge in [0.25, 0.3) is 0 Å². The van der Waals surface area contributed by atoms with Gasteiger partial charge in [-0.25, -0.2) is 0 Å². The molecule has 0 atom stereocenters. The minimum Gasteiger partial charge on any atom is -0.291 e. The van der Waals surface area contributed by atoms with Crippen LogP contribution >= 0.6 is 0 Å². The summed E-state index contributed by atoms with van der Waals surface area (Å²) in [5, 5.41) is 0. The van der Waals surface area contributed by atoms with E-state index >= 15 is 0 Å². The van der Waals surface area contributed by atoms with E-state index in [1.165, 1.54) is 37.8 Å². The fraction of sp³-hybridized carbons (Fsp3) is 0.909. The summed E-state index contributed by atoms with van der Waals surface area (Å²) in [6.07, 6.45) is 6.75. The van der Waals surface area contributed by atoms with E-state index in [9.17, 15) is 0 Å². The second-order valence-corrected chi connectivity index (χ2v) is 4.21. The van der Waals surface area contributed by atoms with E-state index in [4.69, 9.17) is 0 Å². The molecule has 0 radical (unpaired) electrons. The lowest BCUT2D eigenvalue weighted by molar-refractivity contribution is 0.440. The Morgan fingerprint density at radius 3 is 2.58 bits per heavy atom. The van der Waals surface area contributed by atoms with Crippen LogP contribution in [-0.2, 0) is 0 Å². The van der Waals surface area contributed by atoms with Gasteiger partial charge in [-0.3, -0.25) is 4.99 Å². The first-order valence-corrected chi connectivity index (χ1v) is 5.28. The van der Waals surface area contributed by atoms with Gasteiger partial charge in [-0.2, -0.15) is 0 Å². The molecule has 0 aromatic heterocycles. The Kier molecular flexibility index (Phi) is 3.77. The molecule has 0 unspecified atom stereocenters. The quantitative estimate of drug-likeness (QED) is 0.608. The van der Waals surface area contributed by atoms with Crippen LogP contribution in [0.5, 0.6) is 0 Å². The van der Waals surface area contributed by atoms with Gasteiger partial charge in [0.05, 0.1) is 0 Å². The standard InChI is InChI=1S/C11H21N/c1-4-5-6-10-7-11(8-10)12-9(2)3/h9-10H,4-8H2,1-3H3. The van der Waals surface area contributed by atoms with Gasteiger partial charge in [0.2, 0.25) is 0 Å². The number of hydrogen-bond acceptors (Lipinski definition) is 1. The SMILES string of the molecule is CCCCC1CC(=NC(C)C)C1. The van der Waals surface area contributed by atoms with Crippen LogP contribution in [0.25, 0.3) is 0 Å². The van der Waals surface area contributed by atoms with Crippen LogP contribution in [0.3, 0.4) is 0 Å². The molecule has 1 saturated carbocycles. The summed E-state index contributed by atoms with van der Waals surface area (Å²) in [5.74, 6) is 0.974. The first-order valence-electron chi connectivity index (χ1n) is 5.28. The molecule has 1 nitrogen and oxygen atoms in total. The summed E-state index contributed by atoms with van der Waals surface area (Å²) in [6.45, 7) is 6.58. The maximum Gasteiger partial charge on any atom is 0.0442 e. The zero-order valence-corrected chi connectivity index (χ0v) is 8.64. The molecule has 70 valence electrons. The fourth-order valence-corrected chi connectivity index (χ4v) is 1.77. The summed E-state index contributed by atoms with van der Waals surface area (Å²) in [4.78, 5) is 4.56. The van der Waals surface area contributed by atoms with E-state index in [-0.39, 0.29) is 0 Å². The summed E-state index contributed by atoms with van der Waals surface area (Å²) in [6, 6.07) is 0.507. The smallest absolute Gasteiger partial charge is 0.0442 e. The number of hydrogen-bond donors (Lipinski definition) is 0. The van der Waals surface area contributed by atoms with Crippen molar-refractivity contribution >= 4 is 5.71 Å². The third-order valence-corrected chi connectivity index (χ3v) is 2.46. The number of rotatable bonds is 4. The van der Waals surface area contributed by atoms with Crippen molar-refractivity contribution in [1.29, 1.82) is 0 Å². The van der Waals surface area contributed by atoms with Crippen molar-refractivity contribution in [3.05, 3.63) is 0 Å². The minimum absolute atomic E-state index is 0.507. The van der Waals surface area contributed by atoms with Crippen LogP contribution in [0.15, 0.2) is 4.99 Å². The molecule has 0 bridgehead atoms. The minimum atomic E-state index is 0.507. The molecule has 1 fully saturated rings. The highest BCUT2D eigenvalue weighted by molar-refractivity contribution is 5.90. The molecule has 1 rings (SSSR count). The van der Waals surface area contributed by atoms with Gasteiger partial charge in [-0.15, -0.1) is 0 Å². The van der Waals surface area contributed by atoms with Crippen molar-refractivity contribution < 1.29 is 0 Å². The average molecular weight is 167 g/mol. The molecule has 0 aromatic rings. The molecular weight excluding hydrogens is 146 g/mol. The fourth-order valence-electron chi connectivity index (χ4n) is 1.77. The number of aliphatic imine (C=N–C) groups is 1. The van der Waals surface area contributed by atoms with E-state index in [1.807, 2.05) is 0 Å². The van der Waals surface area contributed by atoms with Gasteiger partial charge in [-0.05, 0) is 39.0 Å². The summed E-state index contributed by atoms with van der Waals surface area (Å²) >= 11 is 0. The summed E-state index contributed by atoms with van der Waals surface area (Å²) in [7, 11) is 0. The molecule has 1 heteroatoms. The average Bonchev–Trinajstić information content (AvgIpc) is 1.93. The zero-order valence-electron chi connectivity index (χ0n) is 8.64. The van der Waals surface area contributed by atoms with Crippen molar-refractivity contribution in [3.63, 3.8) is 0 Å². The Morgan fingerprint density at radius 1 is 1.42 bits per heavy atom. The Morgan fingerprint density at radius 2 is 2.08 bits per heavy atom. The van der Waals surface area contributed by atoms with Gasteiger partial charge in [0.15, 0.2) is 0 Å². The van der Waals surface area contributed by atoms with Crippen LogP contribution < -0.4 is 0 Å². The molecular formula is C11H21N. The predicted molar refractivity (Wildman–Crippen MR) is 54.8 cm³/mol. The highest BCUT2D eigenvalue weighted by Gasteiger charge is 2.23. The van der Waals surface area contributed by atoms with Crippen molar-refractivity contribution in [2.45, 2.75) is 58.9 Å². The number of nitrogens with zero attached hydrogens (tertiary/aromatic N) is 1. The largest absolute Gasteiger partial charge is 0.291 e. The molecule has 0 aromatic carbocycles. The van der Waals surface area contributed by atoms with E-state index < -0.39 is 0 Å². The molecule has 1 aliphatic carbocycles. The molecule has 0 heterocycles. The third kappa shape index (κ3) is 2.96. The van der Waals surface area contributed by atoms with Crippen molar-refractivity contribution in [3.8, 4) is 0 Å². The van der Waals surface area contributed by atoms with Gasteiger partial charge in [-0.1, -0.05) is 19.8 Å². The number of unbranched alkanes of at least 4 members (excludes halogenated alkanes) is 1. The van der Waals surface area contributed by atoms with Gasteiger partial charge in [0, 0.05) is 11.8 Å². The monoisotopic (exact) mass is 167 g/mol. The van der Waals surface area contributed by atoms with Gasteiger partial charge in [0.1, 0.15) is 0 Å². The van der Waals surface area contributed by atoms with E-state index in [0.717, 1.165) is 5.92 Å². The highest BCUT2D eigenvalue weighted by Crippen LogP contribution is 2.29. The molecule has 1 aliphatic rings. The zero-order chi connectivity index (χ0) is 8.97. The Bertz CT molecular complexity index is 150. The lowest BCUT2D eigenvalue weighted by atomic mass is 9.79. The van der Waals surface area contributed by atoms with E-state index in [2.05, 4.69) is 25.8 Å². The van der Waals surface area contributed by atoms with Crippen LogP contribution in [-0.4, -0.2) is 11.8 Å². The molecule has 0 saturated heterocycles. The molecule has 0 aliphatic heterocycles. The first kappa shape index (κ1) is 9.76. The van der Waals surface area contributed by atoms with E-state index in [1.54, 1.807) is 0 Å². The topological polar surface area (TPSA) is 12.4 Å². The third-order valence-electron chi connectivity index (χ3n) is 2.46. The van der Waals surface area contributed by atoms with Crippen molar-refractivity contribution in [2.24, 2.45) is 10.9 Å². The molecule has 0 spiro atoms. The lowest BCUT2D eigenvalue weighted by Gasteiger charge is -2.28. The summed E-state index contributed by atoms with van der Waals surface area (Å²) < 4.78 is 0. The Labute approximate surface area is 76.3 Å². The Hall–Kier alpha value is -0.330. The second kappa shape index (κ2) is 4.64.